The quantitative estimate of drug-likeness (QED) is 0.382. The molecule has 0 spiro atoms. The molecule has 9 heteroatoms. The lowest BCUT2D eigenvalue weighted by Crippen LogP contribution is -2.39. The van der Waals surface area contributed by atoms with Gasteiger partial charge in [-0.2, -0.15) is 0 Å². The highest BCUT2D eigenvalue weighted by atomic mass is 35.5. The highest BCUT2D eigenvalue weighted by Crippen LogP contribution is 2.33. The van der Waals surface area contributed by atoms with Gasteiger partial charge in [-0.15, -0.1) is 0 Å². The second-order valence-corrected chi connectivity index (χ2v) is 9.10. The first-order chi connectivity index (χ1) is 16.3. The molecule has 0 aliphatic carbocycles. The first-order valence-electron chi connectivity index (χ1n) is 10.8. The maximum Gasteiger partial charge on any atom is 0.263 e. The fraction of sp³-hybridized carbons (Fsp3) is 0.240. The van der Waals surface area contributed by atoms with Crippen LogP contribution in [0.5, 0.6) is 0 Å². The van der Waals surface area contributed by atoms with E-state index in [-0.39, 0.29) is 33.3 Å². The van der Waals surface area contributed by atoms with Crippen molar-refractivity contribution in [2.24, 2.45) is 7.05 Å². The summed E-state index contributed by atoms with van der Waals surface area (Å²) in [7, 11) is 1.64. The third kappa shape index (κ3) is 4.15. The van der Waals surface area contributed by atoms with Crippen LogP contribution in [0.25, 0.3) is 22.2 Å². The minimum atomic E-state index is -0.556. The number of nitrogens with zero attached hydrogens (tertiary/aromatic N) is 4. The van der Waals surface area contributed by atoms with Crippen LogP contribution in [-0.4, -0.2) is 34.2 Å². The van der Waals surface area contributed by atoms with Gasteiger partial charge in [0.25, 0.3) is 5.56 Å². The van der Waals surface area contributed by atoms with E-state index in [1.54, 1.807) is 26.1 Å². The number of halogens is 3. The molecule has 1 fully saturated rings. The van der Waals surface area contributed by atoms with E-state index in [2.05, 4.69) is 9.88 Å². The molecule has 1 aliphatic rings. The van der Waals surface area contributed by atoms with Crippen LogP contribution in [0.1, 0.15) is 17.5 Å². The zero-order chi connectivity index (χ0) is 24.0. The van der Waals surface area contributed by atoms with E-state index in [1.165, 1.54) is 16.7 Å². The van der Waals surface area contributed by atoms with Crippen molar-refractivity contribution in [3.63, 3.8) is 0 Å². The van der Waals surface area contributed by atoms with E-state index in [9.17, 15) is 9.18 Å². The Kier molecular flexibility index (Phi) is 6.02. The summed E-state index contributed by atoms with van der Waals surface area (Å²) in [5, 5.41) is 1.16. The Morgan fingerprint density at radius 2 is 1.88 bits per heavy atom. The van der Waals surface area contributed by atoms with Crippen molar-refractivity contribution in [3.8, 4) is 11.3 Å². The third-order valence-corrected chi connectivity index (χ3v) is 6.54. The minimum absolute atomic E-state index is 0.193. The molecular formula is C25H21Cl2FN4O2. The number of benzene rings is 2. The second-order valence-electron chi connectivity index (χ2n) is 8.23. The fourth-order valence-electron chi connectivity index (χ4n) is 4.19. The topological polar surface area (TPSA) is 60.2 Å². The number of hydrogen-bond acceptors (Lipinski definition) is 5. The zero-order valence-corrected chi connectivity index (χ0v) is 20.1. The fourth-order valence-corrected chi connectivity index (χ4v) is 4.54. The Balaban J connectivity index is 1.66. The number of fused-ring (bicyclic) bond motifs is 1. The Hall–Kier alpha value is -3.00. The Morgan fingerprint density at radius 3 is 2.65 bits per heavy atom. The summed E-state index contributed by atoms with van der Waals surface area (Å²) < 4.78 is 22.4. The van der Waals surface area contributed by atoms with Crippen molar-refractivity contribution in [3.05, 3.63) is 86.1 Å². The molecule has 0 radical (unpaired) electrons. The van der Waals surface area contributed by atoms with Crippen molar-refractivity contribution in [2.45, 2.75) is 13.0 Å². The summed E-state index contributed by atoms with van der Waals surface area (Å²) in [5.41, 5.74) is 1.56. The largest absolute Gasteiger partial charge is 0.370 e. The predicted molar refractivity (Wildman–Crippen MR) is 132 cm³/mol. The summed E-state index contributed by atoms with van der Waals surface area (Å²) in [5.74, 6) is 0.586. The molecule has 0 unspecified atom stereocenters. The van der Waals surface area contributed by atoms with Crippen molar-refractivity contribution in [2.75, 3.05) is 24.6 Å². The van der Waals surface area contributed by atoms with Crippen LogP contribution in [0.15, 0.2) is 53.3 Å². The minimum Gasteiger partial charge on any atom is -0.370 e. The molecule has 4 aromatic rings. The monoisotopic (exact) mass is 498 g/mol. The number of aromatic nitrogens is 3. The van der Waals surface area contributed by atoms with E-state index < -0.39 is 5.82 Å². The van der Waals surface area contributed by atoms with Crippen molar-refractivity contribution >= 4 is 39.9 Å². The lowest BCUT2D eigenvalue weighted by Gasteiger charge is -2.34. The standard InChI is InChI=1S/C25H21Cl2FN4O2/c1-14-29-20-12-22(32-8-9-34-21(13-32)15-4-3-5-16(26)10-15)30-24(23(20)25(33)31(14)2)18-7-6-17(27)11-19(18)28/h3-7,10-12,21H,8-9,13H2,1-2H3/t21-/m1/s1. The molecule has 0 amide bonds. The molecule has 2 aromatic heterocycles. The lowest BCUT2D eigenvalue weighted by atomic mass is 10.1. The van der Waals surface area contributed by atoms with E-state index in [0.717, 1.165) is 5.56 Å². The van der Waals surface area contributed by atoms with Crippen LogP contribution in [-0.2, 0) is 11.8 Å². The maximum absolute atomic E-state index is 15.0. The highest BCUT2D eigenvalue weighted by molar-refractivity contribution is 6.31. The number of rotatable bonds is 3. The smallest absolute Gasteiger partial charge is 0.263 e. The van der Waals surface area contributed by atoms with Crippen molar-refractivity contribution < 1.29 is 9.13 Å². The van der Waals surface area contributed by atoms with Gasteiger partial charge in [-0.05, 0) is 42.8 Å². The van der Waals surface area contributed by atoms with Gasteiger partial charge in [0, 0.05) is 41.8 Å². The molecule has 174 valence electrons. The molecular weight excluding hydrogens is 478 g/mol. The Morgan fingerprint density at radius 1 is 1.09 bits per heavy atom. The molecule has 0 bridgehead atoms. The third-order valence-electron chi connectivity index (χ3n) is 6.07. The van der Waals surface area contributed by atoms with Gasteiger partial charge in [0.2, 0.25) is 0 Å². The molecule has 2 aromatic carbocycles. The number of aryl methyl sites for hydroxylation is 1. The van der Waals surface area contributed by atoms with Crippen LogP contribution in [0.4, 0.5) is 10.2 Å². The van der Waals surface area contributed by atoms with Crippen molar-refractivity contribution in [1.82, 2.24) is 14.5 Å². The molecule has 6 nitrogen and oxygen atoms in total. The number of ether oxygens (including phenoxy) is 1. The SMILES string of the molecule is Cc1nc2cc(N3CCO[C@@H](c4cccc(Cl)c4)C3)nc(-c3ccc(Cl)cc3F)c2c(=O)n1C. The van der Waals surface area contributed by atoms with Crippen LogP contribution in [0.3, 0.4) is 0 Å². The molecule has 1 saturated heterocycles. The van der Waals surface area contributed by atoms with Gasteiger partial charge in [-0.3, -0.25) is 9.36 Å². The summed E-state index contributed by atoms with van der Waals surface area (Å²) >= 11 is 12.1. The average molecular weight is 499 g/mol. The average Bonchev–Trinajstić information content (AvgIpc) is 2.82. The van der Waals surface area contributed by atoms with E-state index in [0.29, 0.717) is 41.9 Å². The first kappa shape index (κ1) is 22.8. The molecule has 5 rings (SSSR count). The van der Waals surface area contributed by atoms with Gasteiger partial charge in [0.1, 0.15) is 23.6 Å². The predicted octanol–water partition coefficient (Wildman–Crippen LogP) is 5.33. The van der Waals surface area contributed by atoms with E-state index in [1.807, 2.05) is 24.3 Å². The van der Waals surface area contributed by atoms with E-state index >= 15 is 0 Å². The number of morpholine rings is 1. The summed E-state index contributed by atoms with van der Waals surface area (Å²) in [6.07, 6.45) is -0.209. The van der Waals surface area contributed by atoms with Crippen LogP contribution < -0.4 is 10.5 Å². The number of pyridine rings is 1. The normalized spacial score (nSPS) is 16.3. The van der Waals surface area contributed by atoms with Crippen LogP contribution in [0, 0.1) is 12.7 Å². The molecule has 34 heavy (non-hydrogen) atoms. The van der Waals surface area contributed by atoms with Gasteiger partial charge >= 0.3 is 0 Å². The summed E-state index contributed by atoms with van der Waals surface area (Å²) in [6, 6.07) is 13.7. The zero-order valence-electron chi connectivity index (χ0n) is 18.6. The maximum atomic E-state index is 15.0. The Bertz CT molecular complexity index is 1470. The number of anilines is 1. The first-order valence-corrected chi connectivity index (χ1v) is 11.5. The molecule has 3 heterocycles. The highest BCUT2D eigenvalue weighted by Gasteiger charge is 2.26. The van der Waals surface area contributed by atoms with Crippen LogP contribution >= 0.6 is 23.2 Å². The van der Waals surface area contributed by atoms with Gasteiger partial charge in [-0.1, -0.05) is 35.3 Å². The van der Waals surface area contributed by atoms with Crippen LogP contribution in [0.2, 0.25) is 10.0 Å². The van der Waals surface area contributed by atoms with Gasteiger partial charge in [0.15, 0.2) is 0 Å². The van der Waals surface area contributed by atoms with Gasteiger partial charge in [-0.25, -0.2) is 14.4 Å². The summed E-state index contributed by atoms with van der Waals surface area (Å²) in [6.45, 7) is 3.34. The van der Waals surface area contributed by atoms with Gasteiger partial charge in [0.05, 0.1) is 23.2 Å². The molecule has 0 saturated carbocycles. The molecule has 1 aliphatic heterocycles. The lowest BCUT2D eigenvalue weighted by molar-refractivity contribution is 0.0395. The molecule has 1 atom stereocenters. The molecule has 0 N–H and O–H groups in total. The summed E-state index contributed by atoms with van der Waals surface area (Å²) in [4.78, 5) is 24.6. The van der Waals surface area contributed by atoms with E-state index in [4.69, 9.17) is 32.9 Å². The Labute approximate surface area is 205 Å². The number of hydrogen-bond donors (Lipinski definition) is 0. The second kappa shape index (κ2) is 8.98. The van der Waals surface area contributed by atoms with Gasteiger partial charge < -0.3 is 9.64 Å². The van der Waals surface area contributed by atoms with Crippen molar-refractivity contribution in [1.29, 1.82) is 0 Å².